The van der Waals surface area contributed by atoms with Gasteiger partial charge in [-0.2, -0.15) is 0 Å². The third-order valence-electron chi connectivity index (χ3n) is 5.21. The van der Waals surface area contributed by atoms with Crippen LogP contribution in [0.15, 0.2) is 70.0 Å². The largest absolute Gasteiger partial charge is 0.493 e. The minimum atomic E-state index is -0.313. The molecule has 1 heterocycles. The molecule has 8 heteroatoms. The lowest BCUT2D eigenvalue weighted by Gasteiger charge is -2.14. The normalized spacial score (nSPS) is 16.4. The molecular formula is C26H24BrFN2O3S. The Morgan fingerprint density at radius 2 is 1.94 bits per heavy atom. The number of rotatable bonds is 8. The lowest BCUT2D eigenvalue weighted by atomic mass is 10.1. The molecule has 34 heavy (non-hydrogen) atoms. The Balaban J connectivity index is 1.47. The minimum absolute atomic E-state index is 0.144. The molecule has 0 saturated carbocycles. The number of halogens is 2. The minimum Gasteiger partial charge on any atom is -0.493 e. The molecule has 1 atom stereocenters. The molecule has 0 radical (unpaired) electrons. The summed E-state index contributed by atoms with van der Waals surface area (Å²) in [5.74, 6) is 0.556. The Kier molecular flexibility index (Phi) is 7.80. The Bertz CT molecular complexity index is 1220. The van der Waals surface area contributed by atoms with E-state index in [4.69, 9.17) is 9.47 Å². The topological polar surface area (TPSA) is 59.6 Å². The molecular weight excluding hydrogens is 519 g/mol. The summed E-state index contributed by atoms with van der Waals surface area (Å²) in [7, 11) is 1.55. The van der Waals surface area contributed by atoms with Crippen LogP contribution in [0.1, 0.15) is 23.6 Å². The molecule has 2 N–H and O–H groups in total. The summed E-state index contributed by atoms with van der Waals surface area (Å²) in [6.07, 6.45) is 2.79. The Hall–Kier alpha value is -2.97. The maximum atomic E-state index is 13.4. The number of aryl methyl sites for hydroxylation is 1. The van der Waals surface area contributed by atoms with Crippen molar-refractivity contribution in [2.75, 3.05) is 12.4 Å². The summed E-state index contributed by atoms with van der Waals surface area (Å²) in [5, 5.41) is 6.27. The zero-order chi connectivity index (χ0) is 24.1. The smallest absolute Gasteiger partial charge is 0.260 e. The van der Waals surface area contributed by atoms with E-state index in [1.807, 2.05) is 24.3 Å². The highest BCUT2D eigenvalue weighted by Crippen LogP contribution is 2.39. The van der Waals surface area contributed by atoms with Crippen molar-refractivity contribution in [1.82, 2.24) is 5.32 Å². The molecule has 0 aliphatic carbocycles. The first-order valence-corrected chi connectivity index (χ1v) is 12.4. The highest BCUT2D eigenvalue weighted by atomic mass is 79.9. The summed E-state index contributed by atoms with van der Waals surface area (Å²) >= 11 is 4.95. The summed E-state index contributed by atoms with van der Waals surface area (Å²) in [6.45, 7) is 2.31. The molecule has 1 aliphatic heterocycles. The van der Waals surface area contributed by atoms with E-state index >= 15 is 0 Å². The maximum Gasteiger partial charge on any atom is 0.260 e. The molecule has 3 aromatic carbocycles. The van der Waals surface area contributed by atoms with Crippen molar-refractivity contribution in [3.8, 4) is 11.5 Å². The fourth-order valence-corrected chi connectivity index (χ4v) is 5.01. The molecule has 1 saturated heterocycles. The highest BCUT2D eigenvalue weighted by molar-refractivity contribution is 9.10. The molecule has 1 fully saturated rings. The summed E-state index contributed by atoms with van der Waals surface area (Å²) < 4.78 is 25.5. The first-order valence-electron chi connectivity index (χ1n) is 10.7. The van der Waals surface area contributed by atoms with Gasteiger partial charge in [0, 0.05) is 5.69 Å². The number of ether oxygens (including phenoxy) is 2. The van der Waals surface area contributed by atoms with Gasteiger partial charge in [-0.05, 0) is 81.5 Å². The zero-order valence-corrected chi connectivity index (χ0v) is 21.1. The average Bonchev–Trinajstić information content (AvgIpc) is 3.16. The summed E-state index contributed by atoms with van der Waals surface area (Å²) in [4.78, 5) is 13.1. The van der Waals surface area contributed by atoms with Crippen LogP contribution in [0.5, 0.6) is 11.5 Å². The van der Waals surface area contributed by atoms with Crippen molar-refractivity contribution in [2.24, 2.45) is 0 Å². The number of hydrogen-bond donors (Lipinski definition) is 2. The van der Waals surface area contributed by atoms with Gasteiger partial charge in [0.25, 0.3) is 5.91 Å². The van der Waals surface area contributed by atoms with Crippen molar-refractivity contribution in [1.29, 1.82) is 0 Å². The zero-order valence-electron chi connectivity index (χ0n) is 18.7. The van der Waals surface area contributed by atoms with Gasteiger partial charge in [0.2, 0.25) is 0 Å². The molecule has 4 rings (SSSR count). The molecule has 5 nitrogen and oxygen atoms in total. The standard InChI is InChI=1S/C26H24BrFN2O3S/c1-3-16-7-9-20(10-8-16)29-26-30-25(31)23(34-26)14-18-12-21(27)24(22(13-18)32-2)33-15-17-5-4-6-19(28)11-17/h4-14,26,29H,3,15H2,1-2H3,(H,30,31)/b23-14-/t26-/m0/s1. The van der Waals surface area contributed by atoms with Crippen LogP contribution in [0.3, 0.4) is 0 Å². The number of nitrogens with one attached hydrogen (secondary N) is 2. The van der Waals surface area contributed by atoms with Crippen LogP contribution in [0.25, 0.3) is 6.08 Å². The molecule has 3 aromatic rings. The van der Waals surface area contributed by atoms with Crippen molar-refractivity contribution >= 4 is 45.4 Å². The van der Waals surface area contributed by atoms with Crippen LogP contribution in [0.4, 0.5) is 10.1 Å². The molecule has 1 amide bonds. The van der Waals surface area contributed by atoms with Gasteiger partial charge in [0.1, 0.15) is 12.4 Å². The van der Waals surface area contributed by atoms with Crippen LogP contribution in [-0.4, -0.2) is 18.5 Å². The van der Waals surface area contributed by atoms with Crippen molar-refractivity contribution in [2.45, 2.75) is 25.4 Å². The van der Waals surface area contributed by atoms with Gasteiger partial charge in [-0.25, -0.2) is 4.39 Å². The highest BCUT2D eigenvalue weighted by Gasteiger charge is 2.27. The summed E-state index contributed by atoms with van der Waals surface area (Å²) in [5.41, 5.74) is 3.44. The molecule has 0 bridgehead atoms. The molecule has 176 valence electrons. The van der Waals surface area contributed by atoms with Crippen LogP contribution in [-0.2, 0) is 17.8 Å². The van der Waals surface area contributed by atoms with Crippen molar-refractivity contribution in [3.63, 3.8) is 0 Å². The van der Waals surface area contributed by atoms with Gasteiger partial charge >= 0.3 is 0 Å². The van der Waals surface area contributed by atoms with E-state index < -0.39 is 0 Å². The number of amides is 1. The third kappa shape index (κ3) is 5.93. The second-order valence-electron chi connectivity index (χ2n) is 7.63. The first kappa shape index (κ1) is 24.2. The number of hydrogen-bond acceptors (Lipinski definition) is 5. The first-order chi connectivity index (χ1) is 16.4. The number of carbonyl (C=O) groups excluding carboxylic acids is 1. The van der Waals surface area contributed by atoms with Gasteiger partial charge in [-0.1, -0.05) is 43.0 Å². The van der Waals surface area contributed by atoms with E-state index in [2.05, 4.69) is 45.6 Å². The van der Waals surface area contributed by atoms with Crippen LogP contribution >= 0.6 is 27.7 Å². The van der Waals surface area contributed by atoms with Crippen LogP contribution in [0, 0.1) is 5.82 Å². The van der Waals surface area contributed by atoms with Crippen molar-refractivity contribution in [3.05, 3.63) is 92.5 Å². The Morgan fingerprint density at radius 3 is 2.65 bits per heavy atom. The van der Waals surface area contributed by atoms with Crippen LogP contribution < -0.4 is 20.1 Å². The van der Waals surface area contributed by atoms with E-state index in [-0.39, 0.29) is 23.8 Å². The van der Waals surface area contributed by atoms with E-state index in [0.29, 0.717) is 26.4 Å². The number of methoxy groups -OCH3 is 1. The SMILES string of the molecule is CCc1ccc(N[C@H]2NC(=O)/C(=C/c3cc(Br)c(OCc4cccc(F)c4)c(OC)c3)S2)cc1. The van der Waals surface area contributed by atoms with E-state index in [0.717, 1.165) is 17.7 Å². The monoisotopic (exact) mass is 542 g/mol. The molecule has 0 unspecified atom stereocenters. The quantitative estimate of drug-likeness (QED) is 0.325. The van der Waals surface area contributed by atoms with Gasteiger partial charge < -0.3 is 20.1 Å². The lowest BCUT2D eigenvalue weighted by Crippen LogP contribution is -2.30. The molecule has 1 aliphatic rings. The Labute approximate surface area is 210 Å². The van der Waals surface area contributed by atoms with Crippen LogP contribution in [0.2, 0.25) is 0 Å². The molecule has 0 aromatic heterocycles. The van der Waals surface area contributed by atoms with Gasteiger partial charge in [0.15, 0.2) is 17.0 Å². The van der Waals surface area contributed by atoms with E-state index in [1.165, 1.54) is 29.5 Å². The predicted molar refractivity (Wildman–Crippen MR) is 138 cm³/mol. The summed E-state index contributed by atoms with van der Waals surface area (Å²) in [6, 6.07) is 18.1. The van der Waals surface area contributed by atoms with Gasteiger partial charge in [-0.15, -0.1) is 0 Å². The average molecular weight is 543 g/mol. The maximum absolute atomic E-state index is 13.4. The number of thioether (sulfide) groups is 1. The second kappa shape index (κ2) is 11.0. The van der Waals surface area contributed by atoms with E-state index in [9.17, 15) is 9.18 Å². The van der Waals surface area contributed by atoms with Gasteiger partial charge in [0.05, 0.1) is 16.5 Å². The third-order valence-corrected chi connectivity index (χ3v) is 6.83. The second-order valence-corrected chi connectivity index (χ2v) is 9.63. The fraction of sp³-hybridized carbons (Fsp3) is 0.192. The number of carbonyl (C=O) groups is 1. The van der Waals surface area contributed by atoms with Crippen molar-refractivity contribution < 1.29 is 18.7 Å². The lowest BCUT2D eigenvalue weighted by molar-refractivity contribution is -0.116. The number of anilines is 1. The van der Waals surface area contributed by atoms with E-state index in [1.54, 1.807) is 25.3 Å². The molecule has 0 spiro atoms. The number of benzene rings is 3. The fourth-order valence-electron chi connectivity index (χ4n) is 3.45. The Morgan fingerprint density at radius 1 is 1.15 bits per heavy atom. The predicted octanol–water partition coefficient (Wildman–Crippen LogP) is 6.34. The van der Waals surface area contributed by atoms with Gasteiger partial charge in [-0.3, -0.25) is 4.79 Å².